The van der Waals surface area contributed by atoms with Crippen LogP contribution in [0.3, 0.4) is 0 Å². The third-order valence-electron chi connectivity index (χ3n) is 3.98. The van der Waals surface area contributed by atoms with E-state index < -0.39 is 0 Å². The van der Waals surface area contributed by atoms with Gasteiger partial charge in [0, 0.05) is 24.5 Å². The molecule has 1 aliphatic rings. The van der Waals surface area contributed by atoms with Crippen molar-refractivity contribution in [2.75, 3.05) is 32.9 Å². The predicted molar refractivity (Wildman–Crippen MR) is 89.6 cm³/mol. The third-order valence-corrected chi connectivity index (χ3v) is 4.72. The molecule has 116 valence electrons. The fourth-order valence-corrected chi connectivity index (χ4v) is 3.16. The number of rotatable bonds is 5. The van der Waals surface area contributed by atoms with Crippen LogP contribution >= 0.6 is 11.8 Å². The molecule has 1 aromatic rings. The van der Waals surface area contributed by atoms with Crippen molar-refractivity contribution in [3.05, 3.63) is 29.8 Å². The van der Waals surface area contributed by atoms with Gasteiger partial charge in [-0.05, 0) is 43.8 Å². The smallest absolute Gasteiger partial charge is 0.236 e. The van der Waals surface area contributed by atoms with Crippen LogP contribution < -0.4 is 0 Å². The van der Waals surface area contributed by atoms with Gasteiger partial charge in [-0.1, -0.05) is 25.0 Å². The number of benzene rings is 1. The molecule has 1 fully saturated rings. The van der Waals surface area contributed by atoms with E-state index in [1.54, 1.807) is 11.8 Å². The molecular formula is C17H26N2OS. The van der Waals surface area contributed by atoms with Gasteiger partial charge < -0.3 is 4.90 Å². The van der Waals surface area contributed by atoms with Gasteiger partial charge in [0.15, 0.2) is 0 Å². The molecule has 0 aliphatic carbocycles. The fourth-order valence-electron chi connectivity index (χ4n) is 2.75. The highest BCUT2D eigenvalue weighted by Gasteiger charge is 2.16. The van der Waals surface area contributed by atoms with Gasteiger partial charge in [0.1, 0.15) is 0 Å². The lowest BCUT2D eigenvalue weighted by Crippen LogP contribution is -2.39. The molecule has 4 heteroatoms. The van der Waals surface area contributed by atoms with Gasteiger partial charge in [-0.15, -0.1) is 11.8 Å². The Balaban J connectivity index is 1.82. The molecule has 0 atom stereocenters. The van der Waals surface area contributed by atoms with Gasteiger partial charge in [-0.3, -0.25) is 9.69 Å². The number of thioether (sulfide) groups is 1. The van der Waals surface area contributed by atoms with Crippen LogP contribution in [0.1, 0.15) is 31.2 Å². The maximum absolute atomic E-state index is 12.3. The minimum absolute atomic E-state index is 0.278. The number of amides is 1. The number of carbonyl (C=O) groups excluding carboxylic acids is 1. The molecule has 0 N–H and O–H groups in total. The van der Waals surface area contributed by atoms with Gasteiger partial charge in [0.25, 0.3) is 0 Å². The monoisotopic (exact) mass is 306 g/mol. The molecule has 2 rings (SSSR count). The largest absolute Gasteiger partial charge is 0.342 e. The van der Waals surface area contributed by atoms with Crippen molar-refractivity contribution in [3.63, 3.8) is 0 Å². The van der Waals surface area contributed by atoms with Crippen LogP contribution in [0.2, 0.25) is 0 Å². The fraction of sp³-hybridized carbons (Fsp3) is 0.588. The quantitative estimate of drug-likeness (QED) is 0.780. The van der Waals surface area contributed by atoms with Crippen molar-refractivity contribution in [1.29, 1.82) is 0 Å². The lowest BCUT2D eigenvalue weighted by molar-refractivity contribution is -0.132. The van der Waals surface area contributed by atoms with Crippen molar-refractivity contribution < 1.29 is 4.79 Å². The van der Waals surface area contributed by atoms with E-state index in [-0.39, 0.29) is 5.91 Å². The first-order valence-electron chi connectivity index (χ1n) is 7.78. The van der Waals surface area contributed by atoms with Gasteiger partial charge >= 0.3 is 0 Å². The van der Waals surface area contributed by atoms with Crippen molar-refractivity contribution in [2.24, 2.45) is 0 Å². The van der Waals surface area contributed by atoms with Crippen LogP contribution in [0.5, 0.6) is 0 Å². The molecular weight excluding hydrogens is 280 g/mol. The molecule has 1 heterocycles. The highest BCUT2D eigenvalue weighted by Crippen LogP contribution is 2.16. The number of likely N-dealkylation sites (tertiary alicyclic amines) is 1. The summed E-state index contributed by atoms with van der Waals surface area (Å²) in [6.45, 7) is 3.22. The molecule has 0 unspecified atom stereocenters. The van der Waals surface area contributed by atoms with Crippen molar-refractivity contribution in [2.45, 2.75) is 37.1 Å². The van der Waals surface area contributed by atoms with Crippen molar-refractivity contribution in [1.82, 2.24) is 9.80 Å². The molecule has 3 nitrogen and oxygen atoms in total. The van der Waals surface area contributed by atoms with E-state index in [0.29, 0.717) is 6.54 Å². The summed E-state index contributed by atoms with van der Waals surface area (Å²) in [5.74, 6) is 0.278. The number of carbonyl (C=O) groups is 1. The van der Waals surface area contributed by atoms with E-state index in [9.17, 15) is 4.79 Å². The van der Waals surface area contributed by atoms with Crippen LogP contribution in [-0.2, 0) is 11.3 Å². The van der Waals surface area contributed by atoms with E-state index in [0.717, 1.165) is 32.5 Å². The van der Waals surface area contributed by atoms with Crippen LogP contribution in [0, 0.1) is 0 Å². The summed E-state index contributed by atoms with van der Waals surface area (Å²) in [5, 5.41) is 0. The summed E-state index contributed by atoms with van der Waals surface area (Å²) in [6, 6.07) is 8.59. The lowest BCUT2D eigenvalue weighted by Gasteiger charge is -2.24. The second kappa shape index (κ2) is 8.44. The number of hydrogen-bond acceptors (Lipinski definition) is 3. The molecule has 1 amide bonds. The maximum atomic E-state index is 12.3. The first kappa shape index (κ1) is 16.4. The topological polar surface area (TPSA) is 23.6 Å². The standard InChI is InChI=1S/C17H26N2OS/c1-18(13-15-7-9-16(21-2)10-8-15)14-17(20)19-11-5-3-4-6-12-19/h7-10H,3-6,11-14H2,1-2H3. The lowest BCUT2D eigenvalue weighted by atomic mass is 10.2. The van der Waals surface area contributed by atoms with Crippen LogP contribution in [-0.4, -0.2) is 48.6 Å². The molecule has 0 aromatic heterocycles. The number of nitrogens with zero attached hydrogens (tertiary/aromatic N) is 2. The summed E-state index contributed by atoms with van der Waals surface area (Å²) in [7, 11) is 2.03. The van der Waals surface area contributed by atoms with Crippen LogP contribution in [0.15, 0.2) is 29.2 Å². The molecule has 21 heavy (non-hydrogen) atoms. The summed E-state index contributed by atoms with van der Waals surface area (Å²) >= 11 is 1.75. The maximum Gasteiger partial charge on any atom is 0.236 e. The van der Waals surface area contributed by atoms with E-state index >= 15 is 0 Å². The zero-order valence-corrected chi connectivity index (χ0v) is 14.0. The number of likely N-dealkylation sites (N-methyl/N-ethyl adjacent to an activating group) is 1. The normalized spacial score (nSPS) is 16.0. The van der Waals surface area contributed by atoms with E-state index in [4.69, 9.17) is 0 Å². The molecule has 0 spiro atoms. The Morgan fingerprint density at radius 3 is 2.33 bits per heavy atom. The molecule has 1 saturated heterocycles. The second-order valence-electron chi connectivity index (χ2n) is 5.82. The minimum Gasteiger partial charge on any atom is -0.342 e. The second-order valence-corrected chi connectivity index (χ2v) is 6.70. The molecule has 1 aromatic carbocycles. The highest BCUT2D eigenvalue weighted by atomic mass is 32.2. The summed E-state index contributed by atoms with van der Waals surface area (Å²) in [4.78, 5) is 17.8. The van der Waals surface area contributed by atoms with E-state index in [2.05, 4.69) is 35.4 Å². The van der Waals surface area contributed by atoms with Crippen LogP contribution in [0.4, 0.5) is 0 Å². The van der Waals surface area contributed by atoms with Crippen molar-refractivity contribution in [3.8, 4) is 0 Å². The Morgan fingerprint density at radius 1 is 1.14 bits per heavy atom. The number of hydrogen-bond donors (Lipinski definition) is 0. The van der Waals surface area contributed by atoms with Crippen LogP contribution in [0.25, 0.3) is 0 Å². The van der Waals surface area contributed by atoms with Gasteiger partial charge in [-0.25, -0.2) is 0 Å². The first-order chi connectivity index (χ1) is 10.2. The molecule has 0 radical (unpaired) electrons. The van der Waals surface area contributed by atoms with Gasteiger partial charge in [-0.2, -0.15) is 0 Å². The van der Waals surface area contributed by atoms with E-state index in [1.165, 1.54) is 23.3 Å². The third kappa shape index (κ3) is 5.36. The predicted octanol–water partition coefficient (Wildman–Crippen LogP) is 3.24. The van der Waals surface area contributed by atoms with Gasteiger partial charge in [0.05, 0.1) is 6.54 Å². The average Bonchev–Trinajstić information content (AvgIpc) is 2.77. The van der Waals surface area contributed by atoms with Gasteiger partial charge in [0.2, 0.25) is 5.91 Å². The summed E-state index contributed by atoms with van der Waals surface area (Å²) in [6.07, 6.45) is 6.93. The zero-order valence-electron chi connectivity index (χ0n) is 13.2. The zero-order chi connectivity index (χ0) is 15.1. The Morgan fingerprint density at radius 2 is 1.76 bits per heavy atom. The first-order valence-corrected chi connectivity index (χ1v) is 9.01. The average molecular weight is 306 g/mol. The molecule has 0 saturated carbocycles. The summed E-state index contributed by atoms with van der Waals surface area (Å²) in [5.41, 5.74) is 1.26. The summed E-state index contributed by atoms with van der Waals surface area (Å²) < 4.78 is 0. The Bertz CT molecular complexity index is 439. The minimum atomic E-state index is 0.278. The molecule has 1 aliphatic heterocycles. The Hall–Kier alpha value is -1.00. The Labute approximate surface area is 132 Å². The Kier molecular flexibility index (Phi) is 6.58. The highest BCUT2D eigenvalue weighted by molar-refractivity contribution is 7.98. The van der Waals surface area contributed by atoms with Crippen molar-refractivity contribution >= 4 is 17.7 Å². The molecule has 0 bridgehead atoms. The van der Waals surface area contributed by atoms with E-state index in [1.807, 2.05) is 11.9 Å². The SMILES string of the molecule is CSc1ccc(CN(C)CC(=O)N2CCCCCC2)cc1.